The Morgan fingerprint density at radius 3 is 2.32 bits per heavy atom. The van der Waals surface area contributed by atoms with E-state index in [0.717, 1.165) is 22.3 Å². The van der Waals surface area contributed by atoms with Gasteiger partial charge in [-0.05, 0) is 67.3 Å². The number of hydrogen-bond acceptors (Lipinski definition) is 3. The number of fused-ring (bicyclic) bond motifs is 1. The van der Waals surface area contributed by atoms with Crippen molar-refractivity contribution in [1.82, 2.24) is 0 Å². The molecule has 1 aliphatic rings. The zero-order valence-corrected chi connectivity index (χ0v) is 17.8. The molecule has 0 aromatic heterocycles. The fourth-order valence-corrected chi connectivity index (χ4v) is 4.20. The number of carbonyl (C=O) groups excluding carboxylic acids is 2. The lowest BCUT2D eigenvalue weighted by Gasteiger charge is -2.23. The van der Waals surface area contributed by atoms with Crippen molar-refractivity contribution in [2.24, 2.45) is 0 Å². The number of nitrogens with zero attached hydrogens (tertiary/aromatic N) is 1. The number of aliphatic hydroxyl groups is 1. The summed E-state index contributed by atoms with van der Waals surface area (Å²) in [6.07, 6.45) is -0.341. The Labute approximate surface area is 181 Å². The number of ketones is 1. The van der Waals surface area contributed by atoms with Gasteiger partial charge in [0.2, 0.25) is 0 Å². The van der Waals surface area contributed by atoms with E-state index in [1.54, 1.807) is 36.4 Å². The summed E-state index contributed by atoms with van der Waals surface area (Å²) in [5, 5.41) is 11.5. The number of aryl methyl sites for hydroxylation is 3. The first kappa shape index (κ1) is 20.9. The summed E-state index contributed by atoms with van der Waals surface area (Å²) in [6.45, 7) is 5.94. The molecule has 1 N–H and O–H groups in total. The summed E-state index contributed by atoms with van der Waals surface area (Å²) in [4.78, 5) is 28.0. The SMILES string of the molecule is Cc1cc(C)c(C(=O)CC2(O)C(=O)N(Cc3ccc(F)cc3)c3ccccc32)cc1C. The standard InChI is InChI=1S/C26H24FNO3/c1-16-12-18(3)21(13-17(16)2)24(29)14-26(31)22-6-4-5-7-23(22)28(25(26)30)15-19-8-10-20(27)11-9-19/h4-13,31H,14-15H2,1-3H3. The molecule has 158 valence electrons. The van der Waals surface area contributed by atoms with Gasteiger partial charge in [0.05, 0.1) is 18.7 Å². The van der Waals surface area contributed by atoms with E-state index in [0.29, 0.717) is 16.8 Å². The van der Waals surface area contributed by atoms with E-state index in [-0.39, 0.29) is 24.6 Å². The average molecular weight is 417 g/mol. The van der Waals surface area contributed by atoms with Gasteiger partial charge in [-0.1, -0.05) is 36.4 Å². The number of benzene rings is 3. The van der Waals surface area contributed by atoms with Crippen molar-refractivity contribution in [3.05, 3.63) is 99.9 Å². The molecule has 4 rings (SSSR count). The van der Waals surface area contributed by atoms with Gasteiger partial charge < -0.3 is 10.0 Å². The van der Waals surface area contributed by atoms with Gasteiger partial charge in [-0.3, -0.25) is 9.59 Å². The van der Waals surface area contributed by atoms with Gasteiger partial charge in [0, 0.05) is 11.1 Å². The van der Waals surface area contributed by atoms with Gasteiger partial charge in [-0.25, -0.2) is 4.39 Å². The van der Waals surface area contributed by atoms with E-state index in [9.17, 15) is 19.1 Å². The Morgan fingerprint density at radius 2 is 1.61 bits per heavy atom. The van der Waals surface area contributed by atoms with Gasteiger partial charge in [0.1, 0.15) is 5.82 Å². The van der Waals surface area contributed by atoms with Crippen molar-refractivity contribution < 1.29 is 19.1 Å². The minimum atomic E-state index is -1.95. The van der Waals surface area contributed by atoms with Gasteiger partial charge >= 0.3 is 0 Å². The van der Waals surface area contributed by atoms with E-state index in [2.05, 4.69) is 0 Å². The lowest BCUT2D eigenvalue weighted by Crippen LogP contribution is -2.41. The molecule has 0 saturated carbocycles. The van der Waals surface area contributed by atoms with Crippen LogP contribution < -0.4 is 4.90 Å². The average Bonchev–Trinajstić information content (AvgIpc) is 2.94. The summed E-state index contributed by atoms with van der Waals surface area (Å²) in [5.41, 5.74) is 3.15. The highest BCUT2D eigenvalue weighted by molar-refractivity contribution is 6.11. The number of carbonyl (C=O) groups is 2. The van der Waals surface area contributed by atoms with Crippen LogP contribution in [0.5, 0.6) is 0 Å². The number of rotatable bonds is 5. The van der Waals surface area contributed by atoms with Gasteiger partial charge in [0.15, 0.2) is 11.4 Å². The number of halogens is 1. The van der Waals surface area contributed by atoms with Crippen molar-refractivity contribution in [3.8, 4) is 0 Å². The topological polar surface area (TPSA) is 57.6 Å². The van der Waals surface area contributed by atoms with Crippen LogP contribution in [0.15, 0.2) is 60.7 Å². The second kappa shape index (κ2) is 7.75. The quantitative estimate of drug-likeness (QED) is 0.609. The Hall–Kier alpha value is -3.31. The van der Waals surface area contributed by atoms with E-state index in [1.165, 1.54) is 17.0 Å². The Kier molecular flexibility index (Phi) is 5.23. The Balaban J connectivity index is 1.69. The molecule has 0 spiro atoms. The molecule has 1 unspecified atom stereocenters. The van der Waals surface area contributed by atoms with Crippen LogP contribution in [-0.2, 0) is 16.9 Å². The maximum atomic E-state index is 13.4. The number of amides is 1. The number of Topliss-reactive ketones (excluding diaryl/α,β-unsaturated/α-hetero) is 1. The molecule has 4 nitrogen and oxygen atoms in total. The van der Waals surface area contributed by atoms with Crippen molar-refractivity contribution in [1.29, 1.82) is 0 Å². The van der Waals surface area contributed by atoms with Crippen LogP contribution in [0, 0.1) is 26.6 Å². The normalized spacial score (nSPS) is 17.7. The fourth-order valence-electron chi connectivity index (χ4n) is 4.20. The summed E-state index contributed by atoms with van der Waals surface area (Å²) in [5.74, 6) is -1.19. The first-order chi connectivity index (χ1) is 14.7. The molecule has 1 atom stereocenters. The first-order valence-corrected chi connectivity index (χ1v) is 10.2. The van der Waals surface area contributed by atoms with Crippen LogP contribution in [0.2, 0.25) is 0 Å². The minimum absolute atomic E-state index is 0.176. The van der Waals surface area contributed by atoms with Crippen LogP contribution in [0.4, 0.5) is 10.1 Å². The van der Waals surface area contributed by atoms with Crippen LogP contribution >= 0.6 is 0 Å². The van der Waals surface area contributed by atoms with Crippen molar-refractivity contribution in [2.45, 2.75) is 39.3 Å². The molecule has 0 fully saturated rings. The van der Waals surface area contributed by atoms with Crippen LogP contribution in [0.1, 0.15) is 44.6 Å². The molecule has 0 bridgehead atoms. The lowest BCUT2D eigenvalue weighted by molar-refractivity contribution is -0.136. The minimum Gasteiger partial charge on any atom is -0.375 e. The summed E-state index contributed by atoms with van der Waals surface area (Å²) < 4.78 is 13.3. The van der Waals surface area contributed by atoms with Crippen LogP contribution in [0.3, 0.4) is 0 Å². The first-order valence-electron chi connectivity index (χ1n) is 10.2. The summed E-state index contributed by atoms with van der Waals surface area (Å²) in [7, 11) is 0. The predicted molar refractivity (Wildman–Crippen MR) is 118 cm³/mol. The second-order valence-electron chi connectivity index (χ2n) is 8.25. The Morgan fingerprint density at radius 1 is 0.968 bits per heavy atom. The third-order valence-corrected chi connectivity index (χ3v) is 6.05. The molecular weight excluding hydrogens is 393 g/mol. The molecular formula is C26H24FNO3. The smallest absolute Gasteiger partial charge is 0.264 e. The number of hydrogen-bond donors (Lipinski definition) is 1. The molecule has 0 saturated heterocycles. The Bertz CT molecular complexity index is 1190. The second-order valence-corrected chi connectivity index (χ2v) is 8.25. The maximum Gasteiger partial charge on any atom is 0.264 e. The van der Waals surface area contributed by atoms with E-state index in [1.807, 2.05) is 32.9 Å². The zero-order chi connectivity index (χ0) is 22.3. The van der Waals surface area contributed by atoms with E-state index in [4.69, 9.17) is 0 Å². The summed E-state index contributed by atoms with van der Waals surface area (Å²) >= 11 is 0. The molecule has 1 heterocycles. The van der Waals surface area contributed by atoms with Gasteiger partial charge in [-0.15, -0.1) is 0 Å². The summed E-state index contributed by atoms with van der Waals surface area (Å²) in [6, 6.07) is 16.6. The highest BCUT2D eigenvalue weighted by atomic mass is 19.1. The third kappa shape index (κ3) is 3.66. The van der Waals surface area contributed by atoms with Crippen LogP contribution in [0.25, 0.3) is 0 Å². The molecule has 0 aliphatic carbocycles. The highest BCUT2D eigenvalue weighted by Crippen LogP contribution is 2.43. The third-order valence-electron chi connectivity index (χ3n) is 6.05. The zero-order valence-electron chi connectivity index (χ0n) is 17.8. The highest BCUT2D eigenvalue weighted by Gasteiger charge is 2.50. The number of para-hydroxylation sites is 1. The molecule has 3 aromatic carbocycles. The van der Waals surface area contributed by atoms with Gasteiger partial charge in [0.25, 0.3) is 5.91 Å². The molecule has 3 aromatic rings. The van der Waals surface area contributed by atoms with Crippen molar-refractivity contribution in [3.63, 3.8) is 0 Å². The molecule has 0 radical (unpaired) electrons. The van der Waals surface area contributed by atoms with E-state index >= 15 is 0 Å². The van der Waals surface area contributed by atoms with E-state index < -0.39 is 11.5 Å². The van der Waals surface area contributed by atoms with Gasteiger partial charge in [-0.2, -0.15) is 0 Å². The molecule has 31 heavy (non-hydrogen) atoms. The van der Waals surface area contributed by atoms with Crippen molar-refractivity contribution in [2.75, 3.05) is 4.90 Å². The largest absolute Gasteiger partial charge is 0.375 e. The van der Waals surface area contributed by atoms with Crippen LogP contribution in [-0.4, -0.2) is 16.8 Å². The monoisotopic (exact) mass is 417 g/mol. The van der Waals surface area contributed by atoms with Crippen molar-refractivity contribution >= 4 is 17.4 Å². The predicted octanol–water partition coefficient (Wildman–Crippen LogP) is 4.76. The molecule has 1 aliphatic heterocycles. The fraction of sp³-hybridized carbons (Fsp3) is 0.231. The lowest BCUT2D eigenvalue weighted by atomic mass is 9.86. The molecule has 5 heteroatoms. The molecule has 1 amide bonds. The number of anilines is 1. The maximum absolute atomic E-state index is 13.4.